The predicted octanol–water partition coefficient (Wildman–Crippen LogP) is 3.18. The minimum absolute atomic E-state index is 0.0992. The van der Waals surface area contributed by atoms with Crippen molar-refractivity contribution < 1.29 is 14.3 Å². The number of urea groups is 1. The second kappa shape index (κ2) is 10.8. The van der Waals surface area contributed by atoms with Gasteiger partial charge in [-0.2, -0.15) is 0 Å². The van der Waals surface area contributed by atoms with Crippen LogP contribution in [-0.4, -0.2) is 56.2 Å². The Hall–Kier alpha value is -3.06. The third kappa shape index (κ3) is 5.76. The number of carbonyl (C=O) groups excluding carboxylic acids is 2. The van der Waals surface area contributed by atoms with E-state index in [1.165, 1.54) is 0 Å². The van der Waals surface area contributed by atoms with Crippen molar-refractivity contribution in [3.63, 3.8) is 0 Å². The molecule has 7 nitrogen and oxygen atoms in total. The standard InChI is InChI=1S/C24H32N4O3/c1-4-27(5-2)14-15-31-22-9-7-6-8-20(22)17-26-23(29)19-10-11-21(18(3)16-19)28-13-12-25-24(28)30/h6-11,16H,4-5,12-15,17H2,1-3H3,(H,25,30)(H,26,29). The van der Waals surface area contributed by atoms with Crippen LogP contribution in [0, 0.1) is 6.92 Å². The lowest BCUT2D eigenvalue weighted by atomic mass is 10.1. The molecule has 1 fully saturated rings. The first-order valence-corrected chi connectivity index (χ1v) is 10.9. The Labute approximate surface area is 184 Å². The minimum Gasteiger partial charge on any atom is -0.492 e. The molecule has 3 rings (SSSR count). The van der Waals surface area contributed by atoms with Gasteiger partial charge in [-0.15, -0.1) is 0 Å². The number of rotatable bonds is 10. The zero-order valence-corrected chi connectivity index (χ0v) is 18.6. The third-order valence-electron chi connectivity index (χ3n) is 5.58. The molecule has 3 amide bonds. The molecule has 0 unspecified atom stereocenters. The summed E-state index contributed by atoms with van der Waals surface area (Å²) in [6.07, 6.45) is 0. The number of nitrogens with one attached hydrogen (secondary N) is 2. The molecule has 1 aliphatic heterocycles. The zero-order chi connectivity index (χ0) is 22.2. The summed E-state index contributed by atoms with van der Waals surface area (Å²) < 4.78 is 5.97. The fourth-order valence-electron chi connectivity index (χ4n) is 3.69. The van der Waals surface area contributed by atoms with Crippen LogP contribution >= 0.6 is 0 Å². The summed E-state index contributed by atoms with van der Waals surface area (Å²) in [5.74, 6) is 0.639. The molecule has 0 saturated carbocycles. The van der Waals surface area contributed by atoms with Gasteiger partial charge in [0, 0.05) is 43.0 Å². The Morgan fingerprint density at radius 3 is 2.65 bits per heavy atom. The van der Waals surface area contributed by atoms with Crippen LogP contribution in [0.5, 0.6) is 5.75 Å². The molecule has 31 heavy (non-hydrogen) atoms. The molecule has 2 aromatic rings. The average Bonchev–Trinajstić information content (AvgIpc) is 3.21. The van der Waals surface area contributed by atoms with Gasteiger partial charge in [0.05, 0.1) is 0 Å². The lowest BCUT2D eigenvalue weighted by Crippen LogP contribution is -2.29. The zero-order valence-electron chi connectivity index (χ0n) is 18.6. The first kappa shape index (κ1) is 22.6. The largest absolute Gasteiger partial charge is 0.492 e. The summed E-state index contributed by atoms with van der Waals surface area (Å²) >= 11 is 0. The Kier molecular flexibility index (Phi) is 7.89. The summed E-state index contributed by atoms with van der Waals surface area (Å²) in [6, 6.07) is 13.1. The molecule has 0 radical (unpaired) electrons. The molecular weight excluding hydrogens is 392 g/mol. The number of anilines is 1. The molecule has 0 spiro atoms. The van der Waals surface area contributed by atoms with Crippen molar-refractivity contribution in [3.05, 3.63) is 59.2 Å². The van der Waals surface area contributed by atoms with Crippen LogP contribution in [0.25, 0.3) is 0 Å². The fourth-order valence-corrected chi connectivity index (χ4v) is 3.69. The maximum absolute atomic E-state index is 12.7. The predicted molar refractivity (Wildman–Crippen MR) is 123 cm³/mol. The highest BCUT2D eigenvalue weighted by Gasteiger charge is 2.23. The van der Waals surface area contributed by atoms with Gasteiger partial charge in [0.25, 0.3) is 5.91 Å². The Morgan fingerprint density at radius 1 is 1.19 bits per heavy atom. The Morgan fingerprint density at radius 2 is 1.97 bits per heavy atom. The van der Waals surface area contributed by atoms with E-state index in [-0.39, 0.29) is 11.9 Å². The van der Waals surface area contributed by atoms with Crippen LogP contribution in [0.1, 0.15) is 35.3 Å². The number of amides is 3. The molecule has 2 aromatic carbocycles. The van der Waals surface area contributed by atoms with Crippen molar-refractivity contribution in [1.82, 2.24) is 15.5 Å². The second-order valence-corrected chi connectivity index (χ2v) is 7.55. The number of likely N-dealkylation sites (N-methyl/N-ethyl adjacent to an activating group) is 1. The van der Waals surface area contributed by atoms with Crippen LogP contribution in [-0.2, 0) is 6.54 Å². The lowest BCUT2D eigenvalue weighted by Gasteiger charge is -2.19. The number of benzene rings is 2. The molecule has 0 bridgehead atoms. The fraction of sp³-hybridized carbons (Fsp3) is 0.417. The molecule has 0 aromatic heterocycles. The van der Waals surface area contributed by atoms with Crippen molar-refractivity contribution in [2.24, 2.45) is 0 Å². The summed E-state index contributed by atoms with van der Waals surface area (Å²) in [5, 5.41) is 5.78. The Balaban J connectivity index is 1.59. The van der Waals surface area contributed by atoms with Gasteiger partial charge in [-0.25, -0.2) is 4.79 Å². The molecule has 7 heteroatoms. The highest BCUT2D eigenvalue weighted by atomic mass is 16.5. The Bertz CT molecular complexity index is 911. The highest BCUT2D eigenvalue weighted by Crippen LogP contribution is 2.23. The van der Waals surface area contributed by atoms with Crippen molar-refractivity contribution >= 4 is 17.6 Å². The van der Waals surface area contributed by atoms with Gasteiger partial charge in [0.1, 0.15) is 12.4 Å². The highest BCUT2D eigenvalue weighted by molar-refractivity contribution is 5.97. The summed E-state index contributed by atoms with van der Waals surface area (Å²) in [7, 11) is 0. The number of para-hydroxylation sites is 1. The van der Waals surface area contributed by atoms with Gasteiger partial charge in [0.2, 0.25) is 0 Å². The van der Waals surface area contributed by atoms with Crippen molar-refractivity contribution in [1.29, 1.82) is 0 Å². The average molecular weight is 425 g/mol. The van der Waals surface area contributed by atoms with Crippen LogP contribution < -0.4 is 20.3 Å². The summed E-state index contributed by atoms with van der Waals surface area (Å²) in [5.41, 5.74) is 3.24. The number of hydrogen-bond donors (Lipinski definition) is 2. The van der Waals surface area contributed by atoms with Gasteiger partial charge >= 0.3 is 6.03 Å². The van der Waals surface area contributed by atoms with Gasteiger partial charge in [-0.05, 0) is 49.8 Å². The number of aryl methyl sites for hydroxylation is 1. The first-order chi connectivity index (χ1) is 15.0. The van der Waals surface area contributed by atoms with Crippen LogP contribution in [0.15, 0.2) is 42.5 Å². The van der Waals surface area contributed by atoms with E-state index in [2.05, 4.69) is 29.4 Å². The van der Waals surface area contributed by atoms with Crippen LogP contribution in [0.4, 0.5) is 10.5 Å². The molecule has 0 atom stereocenters. The maximum Gasteiger partial charge on any atom is 0.322 e. The van der Waals surface area contributed by atoms with Gasteiger partial charge in [0.15, 0.2) is 0 Å². The SMILES string of the molecule is CCN(CC)CCOc1ccccc1CNC(=O)c1ccc(N2CCNC2=O)c(C)c1. The molecule has 0 aliphatic carbocycles. The molecular formula is C24H32N4O3. The van der Waals surface area contributed by atoms with Crippen molar-refractivity contribution in [2.75, 3.05) is 44.2 Å². The van der Waals surface area contributed by atoms with Crippen molar-refractivity contribution in [2.45, 2.75) is 27.3 Å². The third-order valence-corrected chi connectivity index (χ3v) is 5.58. The number of hydrogen-bond acceptors (Lipinski definition) is 4. The van der Waals surface area contributed by atoms with Gasteiger partial charge < -0.3 is 20.3 Å². The summed E-state index contributed by atoms with van der Waals surface area (Å²) in [4.78, 5) is 28.6. The van der Waals surface area contributed by atoms with Gasteiger partial charge in [-0.3, -0.25) is 9.69 Å². The molecule has 1 aliphatic rings. The summed E-state index contributed by atoms with van der Waals surface area (Å²) in [6.45, 7) is 11.3. The van der Waals surface area contributed by atoms with E-state index in [0.717, 1.165) is 42.2 Å². The number of nitrogens with zero attached hydrogens (tertiary/aromatic N) is 2. The van der Waals surface area contributed by atoms with E-state index < -0.39 is 0 Å². The lowest BCUT2D eigenvalue weighted by molar-refractivity contribution is 0.0950. The van der Waals surface area contributed by atoms with E-state index in [1.54, 1.807) is 11.0 Å². The first-order valence-electron chi connectivity index (χ1n) is 10.9. The molecule has 166 valence electrons. The molecule has 1 saturated heterocycles. The van der Waals surface area contributed by atoms with E-state index in [4.69, 9.17) is 4.74 Å². The monoisotopic (exact) mass is 424 g/mol. The van der Waals surface area contributed by atoms with E-state index >= 15 is 0 Å². The van der Waals surface area contributed by atoms with E-state index in [1.807, 2.05) is 43.3 Å². The van der Waals surface area contributed by atoms with E-state index in [0.29, 0.717) is 31.8 Å². The van der Waals surface area contributed by atoms with Crippen LogP contribution in [0.2, 0.25) is 0 Å². The second-order valence-electron chi connectivity index (χ2n) is 7.55. The van der Waals surface area contributed by atoms with Crippen molar-refractivity contribution in [3.8, 4) is 5.75 Å². The number of ether oxygens (including phenoxy) is 1. The minimum atomic E-state index is -0.154. The quantitative estimate of drug-likeness (QED) is 0.614. The molecule has 2 N–H and O–H groups in total. The van der Waals surface area contributed by atoms with Crippen LogP contribution in [0.3, 0.4) is 0 Å². The molecule has 1 heterocycles. The van der Waals surface area contributed by atoms with Gasteiger partial charge in [-0.1, -0.05) is 32.0 Å². The maximum atomic E-state index is 12.7. The van der Waals surface area contributed by atoms with E-state index in [9.17, 15) is 9.59 Å². The normalized spacial score (nSPS) is 13.4. The number of carbonyl (C=O) groups is 2. The smallest absolute Gasteiger partial charge is 0.322 e. The topological polar surface area (TPSA) is 73.9 Å².